The maximum Gasteiger partial charge on any atom is 0.410 e. The molecule has 0 spiro atoms. The number of piperidine rings is 1. The Balaban J connectivity index is 1.91. The Kier molecular flexibility index (Phi) is 5.37. The van der Waals surface area contributed by atoms with Crippen molar-refractivity contribution >= 4 is 11.9 Å². The summed E-state index contributed by atoms with van der Waals surface area (Å²) in [7, 11) is 0. The number of carbonyl (C=O) groups is 2. The van der Waals surface area contributed by atoms with Crippen LogP contribution in [0.5, 0.6) is 0 Å². The van der Waals surface area contributed by atoms with E-state index >= 15 is 0 Å². The quantitative estimate of drug-likeness (QED) is 0.705. The lowest BCUT2D eigenvalue weighted by Crippen LogP contribution is -2.47. The molecule has 1 saturated heterocycles. The summed E-state index contributed by atoms with van der Waals surface area (Å²) in [5.41, 5.74) is 0.810. The highest BCUT2D eigenvalue weighted by atomic mass is 16.6. The van der Waals surface area contributed by atoms with E-state index in [1.54, 1.807) is 23.1 Å². The van der Waals surface area contributed by atoms with Crippen LogP contribution in [0.4, 0.5) is 4.79 Å². The molecular weight excluding hydrogens is 266 g/mol. The summed E-state index contributed by atoms with van der Waals surface area (Å²) in [6, 6.07) is 0.0156. The molecule has 0 N–H and O–H groups in total. The van der Waals surface area contributed by atoms with Gasteiger partial charge in [0.1, 0.15) is 12.4 Å². The molecule has 0 aromatic rings. The molecule has 1 atom stereocenters. The number of rotatable bonds is 6. The van der Waals surface area contributed by atoms with Gasteiger partial charge in [-0.1, -0.05) is 44.2 Å². The molecule has 4 heteroatoms. The van der Waals surface area contributed by atoms with Gasteiger partial charge < -0.3 is 9.64 Å². The van der Waals surface area contributed by atoms with Gasteiger partial charge in [-0.2, -0.15) is 0 Å². The topological polar surface area (TPSA) is 46.6 Å². The molecule has 2 rings (SSSR count). The fraction of sp³-hybridized carbons (Fsp3) is 0.529. The smallest absolute Gasteiger partial charge is 0.410 e. The van der Waals surface area contributed by atoms with Crippen molar-refractivity contribution < 1.29 is 14.3 Å². The van der Waals surface area contributed by atoms with Gasteiger partial charge in [-0.15, -0.1) is 0 Å². The first-order valence-corrected chi connectivity index (χ1v) is 7.53. The highest BCUT2D eigenvalue weighted by Crippen LogP contribution is 2.36. The Labute approximate surface area is 126 Å². The van der Waals surface area contributed by atoms with Crippen LogP contribution >= 0.6 is 0 Å². The van der Waals surface area contributed by atoms with E-state index in [4.69, 9.17) is 4.74 Å². The van der Waals surface area contributed by atoms with Crippen molar-refractivity contribution in [3.8, 4) is 0 Å². The van der Waals surface area contributed by atoms with Crippen molar-refractivity contribution in [2.24, 2.45) is 5.92 Å². The summed E-state index contributed by atoms with van der Waals surface area (Å²) in [6.45, 7) is 7.96. The SMILES string of the molecule is C=C/C=C(\C=C)COC(=O)N1CCC(=O)CC1CC1CC1. The second-order valence-electron chi connectivity index (χ2n) is 5.76. The highest BCUT2D eigenvalue weighted by molar-refractivity contribution is 5.82. The molecule has 2 aliphatic rings. The first-order valence-electron chi connectivity index (χ1n) is 7.53. The lowest BCUT2D eigenvalue weighted by atomic mass is 9.97. The molecule has 1 amide bonds. The Morgan fingerprint density at radius 3 is 2.76 bits per heavy atom. The molecule has 4 nitrogen and oxygen atoms in total. The van der Waals surface area contributed by atoms with Gasteiger partial charge in [-0.3, -0.25) is 4.79 Å². The van der Waals surface area contributed by atoms with Gasteiger partial charge in [0.25, 0.3) is 0 Å². The maximum atomic E-state index is 12.2. The minimum absolute atomic E-state index is 0.0156. The van der Waals surface area contributed by atoms with Crippen molar-refractivity contribution in [1.82, 2.24) is 4.90 Å². The predicted molar refractivity (Wildman–Crippen MR) is 81.9 cm³/mol. The Hall–Kier alpha value is -1.84. The molecule has 0 aromatic heterocycles. The molecule has 0 radical (unpaired) electrons. The largest absolute Gasteiger partial charge is 0.445 e. The molecule has 1 saturated carbocycles. The molecule has 1 heterocycles. The van der Waals surface area contributed by atoms with Crippen molar-refractivity contribution in [1.29, 1.82) is 0 Å². The summed E-state index contributed by atoms with van der Waals surface area (Å²) < 4.78 is 5.34. The van der Waals surface area contributed by atoms with Crippen LogP contribution in [0, 0.1) is 5.92 Å². The van der Waals surface area contributed by atoms with Crippen LogP contribution in [-0.2, 0) is 9.53 Å². The normalized spacial score (nSPS) is 22.9. The van der Waals surface area contributed by atoms with E-state index < -0.39 is 0 Å². The predicted octanol–water partition coefficient (Wildman–Crippen LogP) is 3.26. The monoisotopic (exact) mass is 289 g/mol. The molecule has 1 aliphatic heterocycles. The van der Waals surface area contributed by atoms with Crippen molar-refractivity contribution in [3.63, 3.8) is 0 Å². The average molecular weight is 289 g/mol. The van der Waals surface area contributed by atoms with Gasteiger partial charge >= 0.3 is 6.09 Å². The molecule has 0 aromatic carbocycles. The van der Waals surface area contributed by atoms with E-state index in [0.717, 1.165) is 12.0 Å². The van der Waals surface area contributed by atoms with Crippen molar-refractivity contribution in [3.05, 3.63) is 37.0 Å². The number of Topliss-reactive ketones (excluding diaryl/α,β-unsaturated/α-hetero) is 1. The zero-order valence-corrected chi connectivity index (χ0v) is 12.4. The summed E-state index contributed by atoms with van der Waals surface area (Å²) in [6.07, 6.45) is 9.00. The Morgan fingerprint density at radius 1 is 1.38 bits per heavy atom. The van der Waals surface area contributed by atoms with Crippen LogP contribution < -0.4 is 0 Å². The second kappa shape index (κ2) is 7.25. The molecule has 21 heavy (non-hydrogen) atoms. The van der Waals surface area contributed by atoms with Crippen LogP contribution in [0.15, 0.2) is 37.0 Å². The van der Waals surface area contributed by atoms with E-state index in [1.165, 1.54) is 12.8 Å². The number of amides is 1. The van der Waals surface area contributed by atoms with Crippen LogP contribution in [0.3, 0.4) is 0 Å². The fourth-order valence-electron chi connectivity index (χ4n) is 2.65. The lowest BCUT2D eigenvalue weighted by molar-refractivity contribution is -0.122. The number of ketones is 1. The molecular formula is C17H23NO3. The number of nitrogens with zero attached hydrogens (tertiary/aromatic N) is 1. The fourth-order valence-corrected chi connectivity index (χ4v) is 2.65. The van der Waals surface area contributed by atoms with E-state index in [1.807, 2.05) is 0 Å². The highest BCUT2D eigenvalue weighted by Gasteiger charge is 2.35. The zero-order valence-electron chi connectivity index (χ0n) is 12.4. The van der Waals surface area contributed by atoms with E-state index in [-0.39, 0.29) is 24.5 Å². The van der Waals surface area contributed by atoms with Gasteiger partial charge in [-0.05, 0) is 17.9 Å². The minimum atomic E-state index is -0.329. The number of allylic oxidation sites excluding steroid dienone is 2. The average Bonchev–Trinajstić information content (AvgIpc) is 3.27. The Morgan fingerprint density at radius 2 is 2.14 bits per heavy atom. The number of ether oxygens (including phenoxy) is 1. The standard InChI is InChI=1S/C17H23NO3/c1-3-5-13(4-2)12-21-17(20)18-9-8-16(19)11-15(18)10-14-6-7-14/h3-5,14-15H,1-2,6-12H2/b13-5+. The van der Waals surface area contributed by atoms with Gasteiger partial charge in [0.2, 0.25) is 0 Å². The van der Waals surface area contributed by atoms with Crippen LogP contribution in [0.25, 0.3) is 0 Å². The first-order chi connectivity index (χ1) is 10.1. The van der Waals surface area contributed by atoms with Gasteiger partial charge in [0.05, 0.1) is 0 Å². The molecule has 1 aliphatic carbocycles. The van der Waals surface area contributed by atoms with Crippen molar-refractivity contribution in [2.45, 2.75) is 38.1 Å². The Bertz CT molecular complexity index is 463. The number of hydrogen-bond acceptors (Lipinski definition) is 3. The van der Waals surface area contributed by atoms with E-state index in [9.17, 15) is 9.59 Å². The van der Waals surface area contributed by atoms with Crippen LogP contribution in [0.1, 0.15) is 32.1 Å². The molecule has 2 fully saturated rings. The van der Waals surface area contributed by atoms with Gasteiger partial charge in [0, 0.05) is 25.4 Å². The van der Waals surface area contributed by atoms with Gasteiger partial charge in [-0.25, -0.2) is 4.79 Å². The van der Waals surface area contributed by atoms with Crippen LogP contribution in [0.2, 0.25) is 0 Å². The molecule has 1 unspecified atom stereocenters. The number of likely N-dealkylation sites (tertiary alicyclic amines) is 1. The summed E-state index contributed by atoms with van der Waals surface area (Å²) in [5, 5.41) is 0. The van der Waals surface area contributed by atoms with E-state index in [0.29, 0.717) is 25.3 Å². The van der Waals surface area contributed by atoms with Crippen LogP contribution in [-0.4, -0.2) is 36.0 Å². The molecule has 114 valence electrons. The van der Waals surface area contributed by atoms with E-state index in [2.05, 4.69) is 13.2 Å². The lowest BCUT2D eigenvalue weighted by Gasteiger charge is -2.34. The third-order valence-electron chi connectivity index (χ3n) is 4.03. The third kappa shape index (κ3) is 4.59. The maximum absolute atomic E-state index is 12.2. The third-order valence-corrected chi connectivity index (χ3v) is 4.03. The van der Waals surface area contributed by atoms with Gasteiger partial charge in [0.15, 0.2) is 0 Å². The second-order valence-corrected chi connectivity index (χ2v) is 5.76. The summed E-state index contributed by atoms with van der Waals surface area (Å²) >= 11 is 0. The van der Waals surface area contributed by atoms with Crippen molar-refractivity contribution in [2.75, 3.05) is 13.2 Å². The molecule has 0 bridgehead atoms. The minimum Gasteiger partial charge on any atom is -0.445 e. The summed E-state index contributed by atoms with van der Waals surface area (Å²) in [4.78, 5) is 25.6. The number of carbonyl (C=O) groups excluding carboxylic acids is 2. The summed E-state index contributed by atoms with van der Waals surface area (Å²) in [5.74, 6) is 0.934. The first kappa shape index (κ1) is 15.5. The number of hydrogen-bond donors (Lipinski definition) is 0. The zero-order chi connectivity index (χ0) is 15.2.